The van der Waals surface area contributed by atoms with Crippen LogP contribution in [0.5, 0.6) is 0 Å². The lowest BCUT2D eigenvalue weighted by Crippen LogP contribution is -2.44. The summed E-state index contributed by atoms with van der Waals surface area (Å²) in [6.45, 7) is 5.69. The first-order valence-electron chi connectivity index (χ1n) is 7.62. The fourth-order valence-corrected chi connectivity index (χ4v) is 3.27. The molecule has 106 valence electrons. The number of benzene rings is 1. The predicted molar refractivity (Wildman–Crippen MR) is 78.8 cm³/mol. The van der Waals surface area contributed by atoms with Crippen LogP contribution in [-0.4, -0.2) is 12.6 Å². The van der Waals surface area contributed by atoms with E-state index in [0.29, 0.717) is 11.5 Å². The van der Waals surface area contributed by atoms with E-state index in [4.69, 9.17) is 0 Å². The van der Waals surface area contributed by atoms with Crippen LogP contribution in [0.15, 0.2) is 24.3 Å². The molecule has 1 unspecified atom stereocenters. The van der Waals surface area contributed by atoms with E-state index in [9.17, 15) is 4.39 Å². The van der Waals surface area contributed by atoms with Gasteiger partial charge in [0, 0.05) is 6.04 Å². The fourth-order valence-electron chi connectivity index (χ4n) is 3.27. The van der Waals surface area contributed by atoms with E-state index in [0.717, 1.165) is 19.4 Å². The van der Waals surface area contributed by atoms with Gasteiger partial charge in [0.25, 0.3) is 0 Å². The van der Waals surface area contributed by atoms with Crippen LogP contribution in [0, 0.1) is 11.2 Å². The summed E-state index contributed by atoms with van der Waals surface area (Å²) in [6, 6.07) is 7.51. The summed E-state index contributed by atoms with van der Waals surface area (Å²) >= 11 is 0. The van der Waals surface area contributed by atoms with Crippen molar-refractivity contribution >= 4 is 0 Å². The SMILES string of the molecule is CCCNC(Cc1ccc(F)cc1)C1(C)CCCC1. The Balaban J connectivity index is 2.06. The average Bonchev–Trinajstić information content (AvgIpc) is 2.85. The van der Waals surface area contributed by atoms with Gasteiger partial charge in [-0.05, 0) is 55.3 Å². The van der Waals surface area contributed by atoms with Crippen molar-refractivity contribution in [2.45, 2.75) is 58.4 Å². The van der Waals surface area contributed by atoms with Gasteiger partial charge in [0.15, 0.2) is 0 Å². The third kappa shape index (κ3) is 3.79. The Hall–Kier alpha value is -0.890. The molecular weight excluding hydrogens is 237 g/mol. The highest BCUT2D eigenvalue weighted by molar-refractivity contribution is 5.18. The van der Waals surface area contributed by atoms with Crippen LogP contribution >= 0.6 is 0 Å². The standard InChI is InChI=1S/C17H26FN/c1-3-12-19-16(17(2)10-4-5-11-17)13-14-6-8-15(18)9-7-14/h6-9,16,19H,3-5,10-13H2,1-2H3. The maximum Gasteiger partial charge on any atom is 0.123 e. The Labute approximate surface area is 116 Å². The molecule has 0 saturated heterocycles. The van der Waals surface area contributed by atoms with Gasteiger partial charge in [-0.1, -0.05) is 38.8 Å². The molecule has 0 radical (unpaired) electrons. The van der Waals surface area contributed by atoms with Gasteiger partial charge in [-0.2, -0.15) is 0 Å². The topological polar surface area (TPSA) is 12.0 Å². The van der Waals surface area contributed by atoms with Crippen molar-refractivity contribution in [2.75, 3.05) is 6.54 Å². The Morgan fingerprint density at radius 3 is 2.42 bits per heavy atom. The number of nitrogens with one attached hydrogen (secondary N) is 1. The number of rotatable bonds is 6. The molecule has 1 aliphatic carbocycles. The predicted octanol–water partition coefficient (Wildman–Crippen LogP) is 4.32. The summed E-state index contributed by atoms with van der Waals surface area (Å²) in [5, 5.41) is 3.72. The molecule has 1 nitrogen and oxygen atoms in total. The summed E-state index contributed by atoms with van der Waals surface area (Å²) in [7, 11) is 0. The third-order valence-corrected chi connectivity index (χ3v) is 4.58. The molecule has 0 spiro atoms. The quantitative estimate of drug-likeness (QED) is 0.806. The van der Waals surface area contributed by atoms with Gasteiger partial charge >= 0.3 is 0 Å². The van der Waals surface area contributed by atoms with Crippen LogP contribution in [0.4, 0.5) is 4.39 Å². The van der Waals surface area contributed by atoms with Crippen molar-refractivity contribution in [3.05, 3.63) is 35.6 Å². The molecule has 1 aromatic carbocycles. The summed E-state index contributed by atoms with van der Waals surface area (Å²) in [5.41, 5.74) is 1.65. The monoisotopic (exact) mass is 263 g/mol. The van der Waals surface area contributed by atoms with Gasteiger partial charge in [0.05, 0.1) is 0 Å². The maximum absolute atomic E-state index is 13.0. The highest BCUT2D eigenvalue weighted by Crippen LogP contribution is 2.41. The van der Waals surface area contributed by atoms with E-state index in [1.54, 1.807) is 12.1 Å². The van der Waals surface area contributed by atoms with Crippen LogP contribution in [0.1, 0.15) is 51.5 Å². The molecule has 1 saturated carbocycles. The average molecular weight is 263 g/mol. The molecular formula is C17H26FN. The van der Waals surface area contributed by atoms with Crippen molar-refractivity contribution in [3.63, 3.8) is 0 Å². The van der Waals surface area contributed by atoms with E-state index in [1.165, 1.54) is 31.2 Å². The van der Waals surface area contributed by atoms with E-state index in [-0.39, 0.29) is 5.82 Å². The van der Waals surface area contributed by atoms with Gasteiger partial charge in [0.2, 0.25) is 0 Å². The van der Waals surface area contributed by atoms with Gasteiger partial charge in [-0.25, -0.2) is 4.39 Å². The Morgan fingerprint density at radius 2 is 1.84 bits per heavy atom. The molecule has 0 heterocycles. The Bertz CT molecular complexity index is 379. The second kappa shape index (κ2) is 6.51. The molecule has 1 aromatic rings. The lowest BCUT2D eigenvalue weighted by molar-refractivity contribution is 0.219. The van der Waals surface area contributed by atoms with Crippen LogP contribution in [-0.2, 0) is 6.42 Å². The molecule has 2 heteroatoms. The summed E-state index contributed by atoms with van der Waals surface area (Å²) in [5.74, 6) is -0.145. The maximum atomic E-state index is 13.0. The van der Waals surface area contributed by atoms with Gasteiger partial charge < -0.3 is 5.32 Å². The van der Waals surface area contributed by atoms with E-state index in [1.807, 2.05) is 12.1 Å². The minimum absolute atomic E-state index is 0.145. The van der Waals surface area contributed by atoms with E-state index >= 15 is 0 Å². The van der Waals surface area contributed by atoms with Crippen LogP contribution in [0.2, 0.25) is 0 Å². The van der Waals surface area contributed by atoms with Crippen LogP contribution < -0.4 is 5.32 Å². The zero-order valence-corrected chi connectivity index (χ0v) is 12.2. The Kier molecular flexibility index (Phi) is 4.98. The van der Waals surface area contributed by atoms with Crippen molar-refractivity contribution in [3.8, 4) is 0 Å². The molecule has 0 bridgehead atoms. The number of hydrogen-bond acceptors (Lipinski definition) is 1. The third-order valence-electron chi connectivity index (χ3n) is 4.58. The summed E-state index contributed by atoms with van der Waals surface area (Å²) in [6.07, 6.45) is 7.51. The highest BCUT2D eigenvalue weighted by atomic mass is 19.1. The first-order valence-corrected chi connectivity index (χ1v) is 7.62. The van der Waals surface area contributed by atoms with Gasteiger partial charge in [-0.15, -0.1) is 0 Å². The molecule has 1 atom stereocenters. The van der Waals surface area contributed by atoms with Crippen molar-refractivity contribution in [1.82, 2.24) is 5.32 Å². The van der Waals surface area contributed by atoms with Crippen LogP contribution in [0.25, 0.3) is 0 Å². The Morgan fingerprint density at radius 1 is 1.21 bits per heavy atom. The molecule has 1 aliphatic rings. The zero-order chi connectivity index (χ0) is 13.7. The van der Waals surface area contributed by atoms with Crippen molar-refractivity contribution in [1.29, 1.82) is 0 Å². The van der Waals surface area contributed by atoms with Gasteiger partial charge in [-0.3, -0.25) is 0 Å². The molecule has 1 N–H and O–H groups in total. The highest BCUT2D eigenvalue weighted by Gasteiger charge is 2.36. The first kappa shape index (κ1) is 14.5. The lowest BCUT2D eigenvalue weighted by Gasteiger charge is -2.35. The fraction of sp³-hybridized carbons (Fsp3) is 0.647. The summed E-state index contributed by atoms with van der Waals surface area (Å²) < 4.78 is 13.0. The second-order valence-corrected chi connectivity index (χ2v) is 6.20. The smallest absolute Gasteiger partial charge is 0.123 e. The minimum atomic E-state index is -0.145. The van der Waals surface area contributed by atoms with Crippen molar-refractivity contribution in [2.24, 2.45) is 5.41 Å². The normalized spacial score (nSPS) is 19.5. The molecule has 0 aliphatic heterocycles. The summed E-state index contributed by atoms with van der Waals surface area (Å²) in [4.78, 5) is 0. The van der Waals surface area contributed by atoms with Gasteiger partial charge in [0.1, 0.15) is 5.82 Å². The van der Waals surface area contributed by atoms with Crippen molar-refractivity contribution < 1.29 is 4.39 Å². The molecule has 19 heavy (non-hydrogen) atoms. The van der Waals surface area contributed by atoms with Crippen LogP contribution in [0.3, 0.4) is 0 Å². The number of halogens is 1. The lowest BCUT2D eigenvalue weighted by atomic mass is 9.77. The zero-order valence-electron chi connectivity index (χ0n) is 12.2. The largest absolute Gasteiger partial charge is 0.313 e. The van der Waals surface area contributed by atoms with E-state index in [2.05, 4.69) is 19.2 Å². The molecule has 2 rings (SSSR count). The first-order chi connectivity index (χ1) is 9.14. The second-order valence-electron chi connectivity index (χ2n) is 6.20. The number of hydrogen-bond donors (Lipinski definition) is 1. The minimum Gasteiger partial charge on any atom is -0.313 e. The molecule has 0 amide bonds. The molecule has 0 aromatic heterocycles. The van der Waals surface area contributed by atoms with E-state index < -0.39 is 0 Å². The molecule has 1 fully saturated rings.